The number of phenols is 1. The van der Waals surface area contributed by atoms with E-state index in [0.717, 1.165) is 24.9 Å². The molecule has 2 heterocycles. The summed E-state index contributed by atoms with van der Waals surface area (Å²) in [6.07, 6.45) is 1.81. The third-order valence-electron chi connectivity index (χ3n) is 4.25. The van der Waals surface area contributed by atoms with Crippen molar-refractivity contribution in [2.24, 2.45) is 11.7 Å². The first kappa shape index (κ1) is 13.5. The molecule has 0 bridgehead atoms. The van der Waals surface area contributed by atoms with Gasteiger partial charge in [-0.15, -0.1) is 0 Å². The van der Waals surface area contributed by atoms with Crippen LogP contribution in [0.1, 0.15) is 24.4 Å². The Morgan fingerprint density at radius 3 is 2.90 bits per heavy atom. The average molecular weight is 278 g/mol. The Bertz CT molecular complexity index is 492. The van der Waals surface area contributed by atoms with Crippen molar-refractivity contribution >= 4 is 0 Å². The van der Waals surface area contributed by atoms with Gasteiger partial charge in [0, 0.05) is 24.6 Å². The van der Waals surface area contributed by atoms with Crippen molar-refractivity contribution in [3.63, 3.8) is 0 Å². The van der Waals surface area contributed by atoms with E-state index in [-0.39, 0.29) is 11.8 Å². The fraction of sp³-hybridized carbons (Fsp3) is 0.600. The lowest BCUT2D eigenvalue weighted by molar-refractivity contribution is 0.284. The van der Waals surface area contributed by atoms with E-state index in [0.29, 0.717) is 37.2 Å². The largest absolute Gasteiger partial charge is 0.504 e. The van der Waals surface area contributed by atoms with Gasteiger partial charge in [0.1, 0.15) is 0 Å². The zero-order valence-corrected chi connectivity index (χ0v) is 11.8. The van der Waals surface area contributed by atoms with Gasteiger partial charge in [-0.1, -0.05) is 0 Å². The van der Waals surface area contributed by atoms with Gasteiger partial charge in [0.15, 0.2) is 11.5 Å². The highest BCUT2D eigenvalue weighted by Gasteiger charge is 2.33. The molecule has 0 spiro atoms. The number of phenolic OH excluding ortho intramolecular Hbond substituents is 1. The average Bonchev–Trinajstić information content (AvgIpc) is 2.67. The van der Waals surface area contributed by atoms with E-state index in [9.17, 15) is 5.11 Å². The maximum atomic E-state index is 10.5. The summed E-state index contributed by atoms with van der Waals surface area (Å²) in [4.78, 5) is 2.25. The number of rotatable bonds is 2. The Hall–Kier alpha value is -1.46. The predicted octanol–water partition coefficient (Wildman–Crippen LogP) is 1.50. The lowest BCUT2D eigenvalue weighted by Crippen LogP contribution is -2.20. The molecule has 1 fully saturated rings. The van der Waals surface area contributed by atoms with Crippen LogP contribution in [0.3, 0.4) is 0 Å². The Labute approximate surface area is 119 Å². The number of nitrogens with two attached hydrogens (primary N) is 1. The summed E-state index contributed by atoms with van der Waals surface area (Å²) in [5.74, 6) is 1.84. The molecule has 0 amide bonds. The van der Waals surface area contributed by atoms with Gasteiger partial charge >= 0.3 is 0 Å². The van der Waals surface area contributed by atoms with E-state index in [1.54, 1.807) is 0 Å². The molecule has 2 unspecified atom stereocenters. The first-order valence-corrected chi connectivity index (χ1v) is 7.22. The van der Waals surface area contributed by atoms with Crippen molar-refractivity contribution in [2.75, 3.05) is 33.4 Å². The second kappa shape index (κ2) is 5.50. The minimum Gasteiger partial charge on any atom is -0.504 e. The summed E-state index contributed by atoms with van der Waals surface area (Å²) < 4.78 is 11.2. The summed E-state index contributed by atoms with van der Waals surface area (Å²) >= 11 is 0. The van der Waals surface area contributed by atoms with Gasteiger partial charge in [0.05, 0.1) is 13.2 Å². The molecule has 1 aromatic carbocycles. The van der Waals surface area contributed by atoms with Crippen LogP contribution in [0.5, 0.6) is 17.2 Å². The number of hydrogen-bond acceptors (Lipinski definition) is 5. The molecule has 3 rings (SSSR count). The smallest absolute Gasteiger partial charge is 0.203 e. The molecule has 2 aliphatic heterocycles. The summed E-state index contributed by atoms with van der Waals surface area (Å²) in [7, 11) is 2.07. The van der Waals surface area contributed by atoms with Crippen LogP contribution in [-0.4, -0.2) is 43.4 Å². The molecule has 2 atom stereocenters. The third kappa shape index (κ3) is 2.31. The van der Waals surface area contributed by atoms with E-state index in [1.165, 1.54) is 0 Å². The van der Waals surface area contributed by atoms with Crippen LogP contribution in [0.25, 0.3) is 0 Å². The van der Waals surface area contributed by atoms with Crippen LogP contribution >= 0.6 is 0 Å². The first-order chi connectivity index (χ1) is 9.70. The maximum absolute atomic E-state index is 10.5. The molecule has 110 valence electrons. The second-order valence-corrected chi connectivity index (χ2v) is 5.67. The van der Waals surface area contributed by atoms with Gasteiger partial charge in [-0.2, -0.15) is 0 Å². The molecule has 0 aromatic heterocycles. The highest BCUT2D eigenvalue weighted by Crippen LogP contribution is 2.46. The first-order valence-electron chi connectivity index (χ1n) is 7.22. The maximum Gasteiger partial charge on any atom is 0.203 e. The Morgan fingerprint density at radius 2 is 2.15 bits per heavy atom. The van der Waals surface area contributed by atoms with E-state index < -0.39 is 0 Å². The van der Waals surface area contributed by atoms with Gasteiger partial charge in [-0.3, -0.25) is 4.90 Å². The normalized spacial score (nSPS) is 26.5. The standard InChI is InChI=1S/C15H22N2O3/c1-17-9-10(8-16)7-12(17)11-3-4-13-15(14(11)18)20-6-2-5-19-13/h3-4,10,12,18H,2,5-9,16H2,1H3. The van der Waals surface area contributed by atoms with Crippen molar-refractivity contribution in [1.82, 2.24) is 4.90 Å². The van der Waals surface area contributed by atoms with E-state index in [2.05, 4.69) is 11.9 Å². The number of benzene rings is 1. The Morgan fingerprint density at radius 1 is 1.35 bits per heavy atom. The highest BCUT2D eigenvalue weighted by molar-refractivity contribution is 5.56. The third-order valence-corrected chi connectivity index (χ3v) is 4.25. The van der Waals surface area contributed by atoms with Crippen molar-refractivity contribution < 1.29 is 14.6 Å². The molecule has 5 nitrogen and oxygen atoms in total. The van der Waals surface area contributed by atoms with Crippen LogP contribution in [0.2, 0.25) is 0 Å². The quantitative estimate of drug-likeness (QED) is 0.858. The summed E-state index contributed by atoms with van der Waals surface area (Å²) in [5.41, 5.74) is 6.68. The van der Waals surface area contributed by atoms with Crippen molar-refractivity contribution in [1.29, 1.82) is 0 Å². The number of hydrogen-bond donors (Lipinski definition) is 2. The molecule has 0 saturated carbocycles. The Kier molecular flexibility index (Phi) is 3.72. The van der Waals surface area contributed by atoms with Gasteiger partial charge in [-0.05, 0) is 38.1 Å². The fourth-order valence-corrected chi connectivity index (χ4v) is 3.15. The topological polar surface area (TPSA) is 68.0 Å². The van der Waals surface area contributed by atoms with Crippen LogP contribution in [0, 0.1) is 5.92 Å². The SMILES string of the molecule is CN1CC(CN)CC1c1ccc2c(c1O)OCCCO2. The Balaban J connectivity index is 1.93. The summed E-state index contributed by atoms with van der Waals surface area (Å²) in [6.45, 7) is 2.86. The molecule has 2 aliphatic rings. The van der Waals surface area contributed by atoms with Gasteiger partial charge in [-0.25, -0.2) is 0 Å². The van der Waals surface area contributed by atoms with Gasteiger partial charge < -0.3 is 20.3 Å². The second-order valence-electron chi connectivity index (χ2n) is 5.67. The monoisotopic (exact) mass is 278 g/mol. The molecule has 20 heavy (non-hydrogen) atoms. The highest BCUT2D eigenvalue weighted by atomic mass is 16.5. The molecular formula is C15H22N2O3. The number of ether oxygens (including phenoxy) is 2. The van der Waals surface area contributed by atoms with Crippen molar-refractivity contribution in [3.8, 4) is 17.2 Å². The van der Waals surface area contributed by atoms with Crippen molar-refractivity contribution in [3.05, 3.63) is 17.7 Å². The van der Waals surface area contributed by atoms with E-state index in [4.69, 9.17) is 15.2 Å². The molecule has 0 aliphatic carbocycles. The molecule has 0 radical (unpaired) electrons. The molecule has 1 saturated heterocycles. The summed E-state index contributed by atoms with van der Waals surface area (Å²) in [5, 5.41) is 10.5. The lowest BCUT2D eigenvalue weighted by Gasteiger charge is -2.22. The van der Waals surface area contributed by atoms with Gasteiger partial charge in [0.25, 0.3) is 0 Å². The number of likely N-dealkylation sites (tertiary alicyclic amines) is 1. The van der Waals surface area contributed by atoms with Crippen LogP contribution in [0.4, 0.5) is 0 Å². The predicted molar refractivity (Wildman–Crippen MR) is 76.2 cm³/mol. The minimum atomic E-state index is 0.195. The van der Waals surface area contributed by atoms with Crippen LogP contribution < -0.4 is 15.2 Å². The number of fused-ring (bicyclic) bond motifs is 1. The van der Waals surface area contributed by atoms with Gasteiger partial charge in [0.2, 0.25) is 5.75 Å². The molecule has 1 aromatic rings. The zero-order valence-electron chi connectivity index (χ0n) is 11.8. The summed E-state index contributed by atoms with van der Waals surface area (Å²) in [6, 6.07) is 4.04. The van der Waals surface area contributed by atoms with Crippen LogP contribution in [-0.2, 0) is 0 Å². The fourth-order valence-electron chi connectivity index (χ4n) is 3.15. The minimum absolute atomic E-state index is 0.195. The molecule has 3 N–H and O–H groups in total. The molecular weight excluding hydrogens is 256 g/mol. The van der Waals surface area contributed by atoms with E-state index in [1.807, 2.05) is 12.1 Å². The number of aromatic hydroxyl groups is 1. The lowest BCUT2D eigenvalue weighted by atomic mass is 9.98. The number of nitrogens with zero attached hydrogens (tertiary/aromatic N) is 1. The zero-order chi connectivity index (χ0) is 14.1. The van der Waals surface area contributed by atoms with Crippen molar-refractivity contribution in [2.45, 2.75) is 18.9 Å². The van der Waals surface area contributed by atoms with Crippen LogP contribution in [0.15, 0.2) is 12.1 Å². The van der Waals surface area contributed by atoms with E-state index >= 15 is 0 Å². The molecule has 5 heteroatoms.